The molecular formula is C30H39NO. The van der Waals surface area contributed by atoms with Crippen molar-refractivity contribution in [2.45, 2.75) is 78.1 Å². The Hall–Kier alpha value is -2.61. The van der Waals surface area contributed by atoms with Crippen molar-refractivity contribution in [1.82, 2.24) is 4.98 Å². The first kappa shape index (κ1) is 24.0. The standard InChI is InChI=1S/C30H39NO/c1-3-5-7-9-23-32-29-20-15-26(16-21-29)12-11-25-13-18-28(19-14-25)30-22-17-27(24-31-30)10-8-6-4-2/h13-22,24H,3-12,23H2,1-2H3. The van der Waals surface area contributed by atoms with Gasteiger partial charge in [0.25, 0.3) is 0 Å². The Balaban J connectivity index is 1.44. The monoisotopic (exact) mass is 429 g/mol. The minimum Gasteiger partial charge on any atom is -0.494 e. The minimum atomic E-state index is 0.822. The molecule has 0 spiro atoms. The molecule has 0 aliphatic rings. The molecule has 1 aromatic heterocycles. The highest BCUT2D eigenvalue weighted by Gasteiger charge is 2.02. The van der Waals surface area contributed by atoms with Gasteiger partial charge in [0.15, 0.2) is 0 Å². The molecule has 0 aliphatic carbocycles. The number of hydrogen-bond acceptors (Lipinski definition) is 2. The van der Waals surface area contributed by atoms with Crippen LogP contribution in [0, 0.1) is 0 Å². The number of unbranched alkanes of at least 4 members (excludes halogenated alkanes) is 5. The lowest BCUT2D eigenvalue weighted by Gasteiger charge is -2.08. The topological polar surface area (TPSA) is 22.1 Å². The average molecular weight is 430 g/mol. The first-order chi connectivity index (χ1) is 15.8. The van der Waals surface area contributed by atoms with E-state index in [2.05, 4.69) is 79.5 Å². The van der Waals surface area contributed by atoms with Crippen LogP contribution in [0.3, 0.4) is 0 Å². The van der Waals surface area contributed by atoms with E-state index in [9.17, 15) is 0 Å². The fourth-order valence-corrected chi connectivity index (χ4v) is 3.92. The van der Waals surface area contributed by atoms with Crippen LogP contribution in [0.5, 0.6) is 5.75 Å². The molecule has 0 fully saturated rings. The van der Waals surface area contributed by atoms with Gasteiger partial charge in [0.2, 0.25) is 0 Å². The summed E-state index contributed by atoms with van der Waals surface area (Å²) in [5.41, 5.74) is 6.30. The number of benzene rings is 2. The zero-order chi connectivity index (χ0) is 22.4. The van der Waals surface area contributed by atoms with Crippen LogP contribution in [0.15, 0.2) is 66.9 Å². The Bertz CT molecular complexity index is 882. The molecule has 0 N–H and O–H groups in total. The zero-order valence-electron chi connectivity index (χ0n) is 20.0. The summed E-state index contributed by atoms with van der Waals surface area (Å²) in [6, 6.07) is 21.9. The van der Waals surface area contributed by atoms with E-state index < -0.39 is 0 Å². The van der Waals surface area contributed by atoms with Gasteiger partial charge in [-0.15, -0.1) is 0 Å². The predicted octanol–water partition coefficient (Wildman–Crippen LogP) is 8.23. The molecule has 32 heavy (non-hydrogen) atoms. The highest BCUT2D eigenvalue weighted by molar-refractivity contribution is 5.59. The predicted molar refractivity (Wildman–Crippen MR) is 136 cm³/mol. The van der Waals surface area contributed by atoms with E-state index in [1.807, 2.05) is 6.20 Å². The highest BCUT2D eigenvalue weighted by Crippen LogP contribution is 2.20. The summed E-state index contributed by atoms with van der Waals surface area (Å²) >= 11 is 0. The van der Waals surface area contributed by atoms with Crippen LogP contribution in [-0.4, -0.2) is 11.6 Å². The van der Waals surface area contributed by atoms with E-state index in [0.29, 0.717) is 0 Å². The Labute approximate surface area is 195 Å². The Kier molecular flexibility index (Phi) is 10.3. The minimum absolute atomic E-state index is 0.822. The maximum absolute atomic E-state index is 5.85. The fourth-order valence-electron chi connectivity index (χ4n) is 3.92. The summed E-state index contributed by atoms with van der Waals surface area (Å²) in [4.78, 5) is 4.68. The van der Waals surface area contributed by atoms with Crippen molar-refractivity contribution in [2.24, 2.45) is 0 Å². The third kappa shape index (κ3) is 8.15. The van der Waals surface area contributed by atoms with Crippen LogP contribution < -0.4 is 4.74 Å². The lowest BCUT2D eigenvalue weighted by Crippen LogP contribution is -1.97. The normalized spacial score (nSPS) is 10.9. The SMILES string of the molecule is CCCCCCOc1ccc(CCc2ccc(-c3ccc(CCCCC)cn3)cc2)cc1. The van der Waals surface area contributed by atoms with Crippen LogP contribution in [0.25, 0.3) is 11.3 Å². The van der Waals surface area contributed by atoms with E-state index >= 15 is 0 Å². The average Bonchev–Trinajstić information content (AvgIpc) is 2.84. The largest absolute Gasteiger partial charge is 0.494 e. The molecule has 1 heterocycles. The summed E-state index contributed by atoms with van der Waals surface area (Å²) in [6.07, 6.45) is 14.0. The summed E-state index contributed by atoms with van der Waals surface area (Å²) in [5.74, 6) is 0.985. The van der Waals surface area contributed by atoms with Crippen LogP contribution >= 0.6 is 0 Å². The van der Waals surface area contributed by atoms with Gasteiger partial charge in [-0.25, -0.2) is 0 Å². The second-order valence-corrected chi connectivity index (χ2v) is 8.76. The van der Waals surface area contributed by atoms with Gasteiger partial charge in [0.1, 0.15) is 5.75 Å². The molecule has 2 aromatic carbocycles. The third-order valence-electron chi connectivity index (χ3n) is 6.04. The summed E-state index contributed by atoms with van der Waals surface area (Å²) < 4.78 is 5.85. The van der Waals surface area contributed by atoms with Crippen molar-refractivity contribution in [1.29, 1.82) is 0 Å². The van der Waals surface area contributed by atoms with Crippen molar-refractivity contribution >= 4 is 0 Å². The molecule has 0 aliphatic heterocycles. The van der Waals surface area contributed by atoms with Gasteiger partial charge in [0, 0.05) is 11.8 Å². The zero-order valence-corrected chi connectivity index (χ0v) is 20.0. The van der Waals surface area contributed by atoms with Gasteiger partial charge >= 0.3 is 0 Å². The molecule has 2 nitrogen and oxygen atoms in total. The summed E-state index contributed by atoms with van der Waals surface area (Å²) in [5, 5.41) is 0. The smallest absolute Gasteiger partial charge is 0.119 e. The first-order valence-electron chi connectivity index (χ1n) is 12.5. The van der Waals surface area contributed by atoms with E-state index in [1.54, 1.807) is 0 Å². The maximum atomic E-state index is 5.85. The number of hydrogen-bond donors (Lipinski definition) is 0. The van der Waals surface area contributed by atoms with Gasteiger partial charge in [-0.05, 0) is 67.0 Å². The number of nitrogens with zero attached hydrogens (tertiary/aromatic N) is 1. The van der Waals surface area contributed by atoms with Crippen molar-refractivity contribution < 1.29 is 4.74 Å². The van der Waals surface area contributed by atoms with Crippen molar-refractivity contribution in [3.8, 4) is 17.0 Å². The molecule has 0 saturated carbocycles. The van der Waals surface area contributed by atoms with Crippen molar-refractivity contribution in [3.63, 3.8) is 0 Å². The van der Waals surface area contributed by atoms with Crippen LogP contribution in [0.2, 0.25) is 0 Å². The number of pyridine rings is 1. The number of aromatic nitrogens is 1. The first-order valence-corrected chi connectivity index (χ1v) is 12.5. The van der Waals surface area contributed by atoms with E-state index in [0.717, 1.165) is 43.7 Å². The van der Waals surface area contributed by atoms with Gasteiger partial charge < -0.3 is 4.74 Å². The van der Waals surface area contributed by atoms with Gasteiger partial charge in [-0.3, -0.25) is 4.98 Å². The van der Waals surface area contributed by atoms with Crippen LogP contribution in [0.4, 0.5) is 0 Å². The summed E-state index contributed by atoms with van der Waals surface area (Å²) in [6.45, 7) is 5.30. The van der Waals surface area contributed by atoms with Gasteiger partial charge in [0.05, 0.1) is 12.3 Å². The molecule has 3 aromatic rings. The molecule has 0 atom stereocenters. The molecule has 0 bridgehead atoms. The Morgan fingerprint density at radius 3 is 1.84 bits per heavy atom. The molecule has 2 heteroatoms. The third-order valence-corrected chi connectivity index (χ3v) is 6.04. The maximum Gasteiger partial charge on any atom is 0.119 e. The molecule has 0 radical (unpaired) electrons. The second kappa shape index (κ2) is 13.7. The van der Waals surface area contributed by atoms with Crippen molar-refractivity contribution in [2.75, 3.05) is 6.61 Å². The van der Waals surface area contributed by atoms with E-state index in [4.69, 9.17) is 4.74 Å². The lowest BCUT2D eigenvalue weighted by molar-refractivity contribution is 0.305. The second-order valence-electron chi connectivity index (χ2n) is 8.76. The Morgan fingerprint density at radius 2 is 1.22 bits per heavy atom. The van der Waals surface area contributed by atoms with Gasteiger partial charge in [-0.2, -0.15) is 0 Å². The lowest BCUT2D eigenvalue weighted by atomic mass is 10.0. The number of ether oxygens (including phenoxy) is 1. The van der Waals surface area contributed by atoms with Crippen LogP contribution in [0.1, 0.15) is 75.5 Å². The van der Waals surface area contributed by atoms with Gasteiger partial charge in [-0.1, -0.05) is 88.4 Å². The number of aryl methyl sites for hydroxylation is 3. The molecule has 0 amide bonds. The fraction of sp³-hybridized carbons (Fsp3) is 0.433. The highest BCUT2D eigenvalue weighted by atomic mass is 16.5. The van der Waals surface area contributed by atoms with Crippen LogP contribution in [-0.2, 0) is 19.3 Å². The van der Waals surface area contributed by atoms with Crippen molar-refractivity contribution in [3.05, 3.63) is 83.6 Å². The molecule has 170 valence electrons. The Morgan fingerprint density at radius 1 is 0.594 bits per heavy atom. The van der Waals surface area contributed by atoms with E-state index in [-0.39, 0.29) is 0 Å². The molecule has 0 unspecified atom stereocenters. The van der Waals surface area contributed by atoms with E-state index in [1.165, 1.54) is 60.8 Å². The molecular weight excluding hydrogens is 390 g/mol. The number of rotatable bonds is 14. The molecule has 0 saturated heterocycles. The quantitative estimate of drug-likeness (QED) is 0.241. The summed E-state index contributed by atoms with van der Waals surface area (Å²) in [7, 11) is 0. The molecule has 3 rings (SSSR count).